The van der Waals surface area contributed by atoms with Gasteiger partial charge >= 0.3 is 6.36 Å². The monoisotopic (exact) mass is 325 g/mol. The number of benzene rings is 2. The molecule has 0 atom stereocenters. The van der Waals surface area contributed by atoms with E-state index in [4.69, 9.17) is 9.47 Å². The first kappa shape index (κ1) is 16.7. The summed E-state index contributed by atoms with van der Waals surface area (Å²) in [6.07, 6.45) is -3.13. The Morgan fingerprint density at radius 1 is 0.913 bits per heavy atom. The van der Waals surface area contributed by atoms with Gasteiger partial charge in [-0.15, -0.1) is 13.2 Å². The van der Waals surface area contributed by atoms with E-state index in [1.165, 1.54) is 38.5 Å². The van der Waals surface area contributed by atoms with Crippen molar-refractivity contribution in [1.29, 1.82) is 0 Å². The van der Waals surface area contributed by atoms with E-state index >= 15 is 0 Å². The fourth-order valence-corrected chi connectivity index (χ4v) is 1.82. The first-order valence-electron chi connectivity index (χ1n) is 6.53. The minimum absolute atomic E-state index is 0.289. The van der Waals surface area contributed by atoms with Crippen LogP contribution in [-0.4, -0.2) is 26.8 Å². The molecular formula is C16H14F3NO3. The van der Waals surface area contributed by atoms with Gasteiger partial charge in [-0.25, -0.2) is 0 Å². The minimum Gasteiger partial charge on any atom is -0.493 e. The lowest BCUT2D eigenvalue weighted by molar-refractivity contribution is -0.274. The van der Waals surface area contributed by atoms with Crippen LogP contribution in [0.25, 0.3) is 0 Å². The summed E-state index contributed by atoms with van der Waals surface area (Å²) in [5.74, 6) is 0.867. The van der Waals surface area contributed by atoms with Gasteiger partial charge in [-0.1, -0.05) is 0 Å². The van der Waals surface area contributed by atoms with Crippen LogP contribution in [0.1, 0.15) is 5.56 Å². The van der Waals surface area contributed by atoms with Gasteiger partial charge in [-0.05, 0) is 48.0 Å². The van der Waals surface area contributed by atoms with Crippen molar-refractivity contribution in [2.75, 3.05) is 14.2 Å². The van der Waals surface area contributed by atoms with Crippen molar-refractivity contribution in [3.8, 4) is 17.2 Å². The highest BCUT2D eigenvalue weighted by molar-refractivity contribution is 5.83. The average Bonchev–Trinajstić information content (AvgIpc) is 2.52. The molecule has 2 aromatic rings. The van der Waals surface area contributed by atoms with E-state index in [1.54, 1.807) is 24.4 Å². The predicted molar refractivity (Wildman–Crippen MR) is 79.9 cm³/mol. The normalized spacial score (nSPS) is 11.5. The first-order valence-corrected chi connectivity index (χ1v) is 6.53. The standard InChI is InChI=1S/C16H14F3NO3/c1-21-14-8-3-11(9-15(14)22-2)10-20-12-4-6-13(7-5-12)23-16(17,18)19/h3-10H,1-2H3. The molecule has 0 spiro atoms. The van der Waals surface area contributed by atoms with Crippen LogP contribution < -0.4 is 14.2 Å². The minimum atomic E-state index is -4.70. The molecule has 0 saturated carbocycles. The van der Waals surface area contributed by atoms with Crippen molar-refractivity contribution in [1.82, 2.24) is 0 Å². The smallest absolute Gasteiger partial charge is 0.493 e. The Bertz CT molecular complexity index is 682. The maximum atomic E-state index is 12.1. The second-order valence-electron chi connectivity index (χ2n) is 4.41. The van der Waals surface area contributed by atoms with E-state index < -0.39 is 6.36 Å². The highest BCUT2D eigenvalue weighted by Gasteiger charge is 2.30. The fraction of sp³-hybridized carbons (Fsp3) is 0.188. The van der Waals surface area contributed by atoms with Gasteiger partial charge in [-0.3, -0.25) is 4.99 Å². The molecule has 23 heavy (non-hydrogen) atoms. The van der Waals surface area contributed by atoms with E-state index in [0.717, 1.165) is 5.56 Å². The summed E-state index contributed by atoms with van der Waals surface area (Å²) in [5.41, 5.74) is 1.26. The molecule has 0 saturated heterocycles. The molecule has 7 heteroatoms. The largest absolute Gasteiger partial charge is 0.573 e. The maximum Gasteiger partial charge on any atom is 0.573 e. The number of alkyl halides is 3. The molecular weight excluding hydrogens is 311 g/mol. The van der Waals surface area contributed by atoms with Crippen LogP contribution >= 0.6 is 0 Å². The zero-order valence-corrected chi connectivity index (χ0v) is 12.4. The van der Waals surface area contributed by atoms with Crippen LogP contribution in [0.3, 0.4) is 0 Å². The third kappa shape index (κ3) is 4.91. The van der Waals surface area contributed by atoms with Crippen molar-refractivity contribution in [2.45, 2.75) is 6.36 Å². The lowest BCUT2D eigenvalue weighted by Gasteiger charge is -2.08. The van der Waals surface area contributed by atoms with Crippen LogP contribution in [0, 0.1) is 0 Å². The van der Waals surface area contributed by atoms with Crippen LogP contribution in [0.5, 0.6) is 17.2 Å². The number of nitrogens with zero attached hydrogens (tertiary/aromatic N) is 1. The Morgan fingerprint density at radius 3 is 2.13 bits per heavy atom. The molecule has 0 fully saturated rings. The third-order valence-electron chi connectivity index (χ3n) is 2.84. The SMILES string of the molecule is COc1ccc(C=Nc2ccc(OC(F)(F)F)cc2)cc1OC. The molecule has 0 amide bonds. The summed E-state index contributed by atoms with van der Waals surface area (Å²) in [5, 5.41) is 0. The van der Waals surface area contributed by atoms with Gasteiger partial charge in [0.25, 0.3) is 0 Å². The average molecular weight is 325 g/mol. The molecule has 0 radical (unpaired) electrons. The molecule has 2 rings (SSSR count). The molecule has 0 aliphatic rings. The number of aliphatic imine (C=N–C) groups is 1. The van der Waals surface area contributed by atoms with Crippen molar-refractivity contribution in [3.05, 3.63) is 48.0 Å². The molecule has 0 unspecified atom stereocenters. The quantitative estimate of drug-likeness (QED) is 0.767. The van der Waals surface area contributed by atoms with Crippen LogP contribution in [-0.2, 0) is 0 Å². The zero-order valence-electron chi connectivity index (χ0n) is 12.4. The Labute approximate surface area is 131 Å². The van der Waals surface area contributed by atoms with Gasteiger partial charge in [0.05, 0.1) is 19.9 Å². The van der Waals surface area contributed by atoms with Crippen molar-refractivity contribution in [2.24, 2.45) is 4.99 Å². The van der Waals surface area contributed by atoms with Crippen LogP contribution in [0.4, 0.5) is 18.9 Å². The molecule has 0 aromatic heterocycles. The van der Waals surface area contributed by atoms with E-state index in [1.807, 2.05) is 0 Å². The zero-order chi connectivity index (χ0) is 16.9. The van der Waals surface area contributed by atoms with Crippen molar-refractivity contribution < 1.29 is 27.4 Å². The summed E-state index contributed by atoms with van der Waals surface area (Å²) in [6, 6.07) is 10.5. The topological polar surface area (TPSA) is 40.0 Å². The maximum absolute atomic E-state index is 12.1. The van der Waals surface area contributed by atoms with E-state index in [2.05, 4.69) is 9.73 Å². The van der Waals surface area contributed by atoms with Crippen LogP contribution in [0.2, 0.25) is 0 Å². The lowest BCUT2D eigenvalue weighted by Crippen LogP contribution is -2.16. The molecule has 0 aliphatic heterocycles. The highest BCUT2D eigenvalue weighted by Crippen LogP contribution is 2.28. The number of ether oxygens (including phenoxy) is 3. The second-order valence-corrected chi connectivity index (χ2v) is 4.41. The summed E-state index contributed by atoms with van der Waals surface area (Å²) >= 11 is 0. The van der Waals surface area contributed by atoms with Gasteiger partial charge in [0.15, 0.2) is 11.5 Å². The van der Waals surface area contributed by atoms with E-state index in [-0.39, 0.29) is 5.75 Å². The van der Waals surface area contributed by atoms with Gasteiger partial charge in [0.2, 0.25) is 0 Å². The van der Waals surface area contributed by atoms with E-state index in [9.17, 15) is 13.2 Å². The molecule has 4 nitrogen and oxygen atoms in total. The van der Waals surface area contributed by atoms with E-state index in [0.29, 0.717) is 17.2 Å². The van der Waals surface area contributed by atoms with Gasteiger partial charge in [0, 0.05) is 6.21 Å². The number of hydrogen-bond donors (Lipinski definition) is 0. The molecule has 0 N–H and O–H groups in total. The van der Waals surface area contributed by atoms with Gasteiger partial charge in [0.1, 0.15) is 5.75 Å². The molecule has 0 aliphatic carbocycles. The third-order valence-corrected chi connectivity index (χ3v) is 2.84. The molecule has 0 bridgehead atoms. The first-order chi connectivity index (χ1) is 10.9. The Morgan fingerprint density at radius 2 is 1.57 bits per heavy atom. The molecule has 0 heterocycles. The Kier molecular flexibility index (Phi) is 5.10. The van der Waals surface area contributed by atoms with Gasteiger partial charge < -0.3 is 14.2 Å². The fourth-order valence-electron chi connectivity index (χ4n) is 1.82. The number of rotatable bonds is 5. The second kappa shape index (κ2) is 7.04. The summed E-state index contributed by atoms with van der Waals surface area (Å²) in [7, 11) is 3.06. The number of halogens is 3. The highest BCUT2D eigenvalue weighted by atomic mass is 19.4. The Balaban J connectivity index is 2.11. The lowest BCUT2D eigenvalue weighted by atomic mass is 10.2. The summed E-state index contributed by atoms with van der Waals surface area (Å²) in [6.45, 7) is 0. The summed E-state index contributed by atoms with van der Waals surface area (Å²) < 4.78 is 50.3. The Hall–Kier alpha value is -2.70. The predicted octanol–water partition coefficient (Wildman–Crippen LogP) is 4.35. The van der Waals surface area contributed by atoms with Crippen molar-refractivity contribution in [3.63, 3.8) is 0 Å². The number of methoxy groups -OCH3 is 2. The van der Waals surface area contributed by atoms with Crippen molar-refractivity contribution >= 4 is 11.9 Å². The molecule has 2 aromatic carbocycles. The van der Waals surface area contributed by atoms with Crippen LogP contribution in [0.15, 0.2) is 47.5 Å². The molecule has 122 valence electrons. The summed E-state index contributed by atoms with van der Waals surface area (Å²) in [4.78, 5) is 4.19. The van der Waals surface area contributed by atoms with Gasteiger partial charge in [-0.2, -0.15) is 0 Å². The number of hydrogen-bond acceptors (Lipinski definition) is 4.